The summed E-state index contributed by atoms with van der Waals surface area (Å²) >= 11 is 5.94. The minimum absolute atomic E-state index is 0.0166. The van der Waals surface area contributed by atoms with Crippen LogP contribution < -0.4 is 15.0 Å². The lowest BCUT2D eigenvalue weighted by atomic mass is 9.96. The largest absolute Gasteiger partial charge is 0.497 e. The molecule has 0 amide bonds. The molecule has 1 N–H and O–H groups in total. The number of pyridine rings is 1. The molecule has 4 heterocycles. The molecule has 0 saturated carbocycles. The van der Waals surface area contributed by atoms with Gasteiger partial charge in [-0.05, 0) is 91.8 Å². The third kappa shape index (κ3) is 5.05. The van der Waals surface area contributed by atoms with Gasteiger partial charge in [-0.1, -0.05) is 18.2 Å². The Morgan fingerprint density at radius 3 is 2.38 bits per heavy atom. The van der Waals surface area contributed by atoms with Crippen LogP contribution in [-0.4, -0.2) is 53.0 Å². The van der Waals surface area contributed by atoms with Crippen LogP contribution in [-0.2, 0) is 11.3 Å². The van der Waals surface area contributed by atoms with E-state index in [0.29, 0.717) is 6.54 Å². The maximum Gasteiger partial charge on any atom is 0.170 e. The summed E-state index contributed by atoms with van der Waals surface area (Å²) < 4.78 is 13.2. The maximum absolute atomic E-state index is 5.94. The third-order valence-corrected chi connectivity index (χ3v) is 8.34. The number of ether oxygens (including phenoxy) is 2. The summed E-state index contributed by atoms with van der Waals surface area (Å²) in [4.78, 5) is 9.40. The fourth-order valence-electron chi connectivity index (χ4n) is 5.96. The van der Waals surface area contributed by atoms with E-state index in [0.717, 1.165) is 48.5 Å². The van der Waals surface area contributed by atoms with Crippen molar-refractivity contribution >= 4 is 23.0 Å². The first kappa shape index (κ1) is 26.3. The number of morpholine rings is 1. The molecule has 2 aliphatic heterocycles. The number of rotatable bonds is 7. The Bertz CT molecular complexity index is 1460. The molecule has 206 valence electrons. The monoisotopic (exact) mass is 553 g/mol. The molecule has 2 aromatic heterocycles. The summed E-state index contributed by atoms with van der Waals surface area (Å²) in [6.07, 6.45) is 1.85. The van der Waals surface area contributed by atoms with Crippen LogP contribution in [0.5, 0.6) is 5.75 Å². The zero-order valence-corrected chi connectivity index (χ0v) is 24.0. The topological polar surface area (TPSA) is 54.8 Å². The Hall–Kier alpha value is -3.88. The van der Waals surface area contributed by atoms with Crippen molar-refractivity contribution in [1.29, 1.82) is 0 Å². The SMILES string of the molecule is COc1ccc(CN2C(=S)NC(c3ccccn3)C2c2cc(C)n(-c3ccc(N4CCOCC4)cc3)c2C)cc1. The van der Waals surface area contributed by atoms with Gasteiger partial charge in [0.15, 0.2) is 5.11 Å². The van der Waals surface area contributed by atoms with E-state index >= 15 is 0 Å². The van der Waals surface area contributed by atoms with Gasteiger partial charge in [-0.3, -0.25) is 4.98 Å². The van der Waals surface area contributed by atoms with Crippen molar-refractivity contribution in [3.63, 3.8) is 0 Å². The highest BCUT2D eigenvalue weighted by molar-refractivity contribution is 7.80. The number of nitrogens with zero attached hydrogens (tertiary/aromatic N) is 4. The fraction of sp³-hybridized carbons (Fsp3) is 0.312. The van der Waals surface area contributed by atoms with Crippen LogP contribution in [0.15, 0.2) is 79.0 Å². The van der Waals surface area contributed by atoms with Crippen LogP contribution in [0.1, 0.15) is 40.3 Å². The zero-order valence-electron chi connectivity index (χ0n) is 23.2. The number of hydrogen-bond acceptors (Lipinski definition) is 5. The van der Waals surface area contributed by atoms with E-state index in [1.54, 1.807) is 7.11 Å². The molecule has 2 unspecified atom stereocenters. The van der Waals surface area contributed by atoms with Gasteiger partial charge in [0.2, 0.25) is 0 Å². The van der Waals surface area contributed by atoms with E-state index in [-0.39, 0.29) is 12.1 Å². The van der Waals surface area contributed by atoms with Gasteiger partial charge in [0.1, 0.15) is 5.75 Å². The van der Waals surface area contributed by atoms with Gasteiger partial charge in [-0.15, -0.1) is 0 Å². The number of aromatic nitrogens is 2. The van der Waals surface area contributed by atoms with Gasteiger partial charge in [-0.25, -0.2) is 0 Å². The van der Waals surface area contributed by atoms with Gasteiger partial charge in [0, 0.05) is 48.6 Å². The standard InChI is InChI=1S/C32H35N5O2S/c1-22-20-28(23(2)37(22)26-11-9-25(10-12-26)35-16-18-39-19-17-35)31-30(29-6-4-5-15-33-29)34-32(40)36(31)21-24-7-13-27(38-3)14-8-24/h4-15,20,30-31H,16-19,21H2,1-3H3,(H,34,40). The van der Waals surface area contributed by atoms with Gasteiger partial charge < -0.3 is 29.2 Å². The quantitative estimate of drug-likeness (QED) is 0.303. The summed E-state index contributed by atoms with van der Waals surface area (Å²) in [5, 5.41) is 4.33. The number of aryl methyl sites for hydroxylation is 1. The number of thiocarbonyl (C=S) groups is 1. The van der Waals surface area contributed by atoms with E-state index in [9.17, 15) is 0 Å². The van der Waals surface area contributed by atoms with Crippen molar-refractivity contribution < 1.29 is 9.47 Å². The Morgan fingerprint density at radius 2 is 1.70 bits per heavy atom. The molecule has 7 nitrogen and oxygen atoms in total. The normalized spacial score (nSPS) is 19.1. The smallest absolute Gasteiger partial charge is 0.170 e. The van der Waals surface area contributed by atoms with Crippen LogP contribution in [0.2, 0.25) is 0 Å². The Labute approximate surface area is 241 Å². The van der Waals surface area contributed by atoms with Crippen molar-refractivity contribution in [3.8, 4) is 11.4 Å². The van der Waals surface area contributed by atoms with Crippen LogP contribution in [0.4, 0.5) is 5.69 Å². The maximum atomic E-state index is 5.94. The Morgan fingerprint density at radius 1 is 0.975 bits per heavy atom. The van der Waals surface area contributed by atoms with Gasteiger partial charge >= 0.3 is 0 Å². The first-order chi connectivity index (χ1) is 19.5. The van der Waals surface area contributed by atoms with Crippen molar-refractivity contribution in [2.45, 2.75) is 32.5 Å². The molecule has 0 aliphatic carbocycles. The zero-order chi connectivity index (χ0) is 27.6. The lowest BCUT2D eigenvalue weighted by molar-refractivity contribution is 0.122. The molecule has 0 radical (unpaired) electrons. The molecule has 2 fully saturated rings. The predicted octanol–water partition coefficient (Wildman–Crippen LogP) is 5.51. The van der Waals surface area contributed by atoms with Gasteiger partial charge in [0.25, 0.3) is 0 Å². The van der Waals surface area contributed by atoms with Crippen LogP contribution in [0, 0.1) is 13.8 Å². The molecule has 4 aromatic rings. The highest BCUT2D eigenvalue weighted by Crippen LogP contribution is 2.42. The molecule has 8 heteroatoms. The van der Waals surface area contributed by atoms with E-state index < -0.39 is 0 Å². The van der Waals surface area contributed by atoms with E-state index in [2.05, 4.69) is 82.1 Å². The van der Waals surface area contributed by atoms with Gasteiger partial charge in [0.05, 0.1) is 38.1 Å². The molecule has 2 saturated heterocycles. The highest BCUT2D eigenvalue weighted by Gasteiger charge is 2.41. The average molecular weight is 554 g/mol. The molecule has 40 heavy (non-hydrogen) atoms. The molecule has 2 atom stereocenters. The number of anilines is 1. The highest BCUT2D eigenvalue weighted by atomic mass is 32.1. The number of benzene rings is 2. The van der Waals surface area contributed by atoms with Crippen molar-refractivity contribution in [2.75, 3.05) is 38.3 Å². The number of nitrogens with one attached hydrogen (secondary N) is 1. The predicted molar refractivity (Wildman–Crippen MR) is 162 cm³/mol. The van der Waals surface area contributed by atoms with Gasteiger partial charge in [-0.2, -0.15) is 0 Å². The van der Waals surface area contributed by atoms with E-state index in [4.69, 9.17) is 26.7 Å². The lowest BCUT2D eigenvalue weighted by Gasteiger charge is -2.29. The fourth-order valence-corrected chi connectivity index (χ4v) is 6.27. The van der Waals surface area contributed by atoms with Crippen molar-refractivity contribution in [1.82, 2.24) is 19.8 Å². The Balaban J connectivity index is 1.36. The van der Waals surface area contributed by atoms with Crippen LogP contribution in [0.25, 0.3) is 5.69 Å². The minimum Gasteiger partial charge on any atom is -0.497 e. The molecular formula is C32H35N5O2S. The second-order valence-corrected chi connectivity index (χ2v) is 10.8. The molecule has 0 bridgehead atoms. The first-order valence-corrected chi connectivity index (χ1v) is 14.2. The summed E-state index contributed by atoms with van der Waals surface area (Å²) in [5.41, 5.74) is 8.17. The second kappa shape index (κ2) is 11.3. The molecular weight excluding hydrogens is 518 g/mol. The number of hydrogen-bond donors (Lipinski definition) is 1. The Kier molecular flexibility index (Phi) is 7.45. The minimum atomic E-state index is -0.0652. The molecule has 6 rings (SSSR count). The summed E-state index contributed by atoms with van der Waals surface area (Å²) in [6.45, 7) is 8.49. The second-order valence-electron chi connectivity index (χ2n) is 10.4. The summed E-state index contributed by atoms with van der Waals surface area (Å²) in [6, 6.07) is 25.4. The van der Waals surface area contributed by atoms with Crippen molar-refractivity contribution in [3.05, 3.63) is 107 Å². The molecule has 2 aromatic carbocycles. The number of methoxy groups -OCH3 is 1. The average Bonchev–Trinajstić information content (AvgIpc) is 3.48. The molecule has 0 spiro atoms. The van der Waals surface area contributed by atoms with E-state index in [1.165, 1.54) is 28.2 Å². The lowest BCUT2D eigenvalue weighted by Crippen LogP contribution is -2.36. The third-order valence-electron chi connectivity index (χ3n) is 7.98. The van der Waals surface area contributed by atoms with Crippen LogP contribution >= 0.6 is 12.2 Å². The molecule has 2 aliphatic rings. The first-order valence-electron chi connectivity index (χ1n) is 13.8. The van der Waals surface area contributed by atoms with Crippen LogP contribution in [0.3, 0.4) is 0 Å². The van der Waals surface area contributed by atoms with Crippen molar-refractivity contribution in [2.24, 2.45) is 0 Å². The summed E-state index contributed by atoms with van der Waals surface area (Å²) in [7, 11) is 1.69. The van der Waals surface area contributed by atoms with E-state index in [1.807, 2.05) is 30.5 Å². The summed E-state index contributed by atoms with van der Waals surface area (Å²) in [5.74, 6) is 0.844.